The van der Waals surface area contributed by atoms with Crippen LogP contribution in [0.5, 0.6) is 0 Å². The second kappa shape index (κ2) is 6.40. The number of nitro groups is 1. The summed E-state index contributed by atoms with van der Waals surface area (Å²) in [6.45, 7) is 0. The van der Waals surface area contributed by atoms with Gasteiger partial charge in [0, 0.05) is 10.9 Å². The van der Waals surface area contributed by atoms with Crippen LogP contribution in [0.1, 0.15) is 15.2 Å². The normalized spacial score (nSPS) is 10.7. The zero-order chi connectivity index (χ0) is 14.5. The minimum Gasteiger partial charge on any atom is -0.267 e. The summed E-state index contributed by atoms with van der Waals surface area (Å²) in [5.74, 6) is -0.621. The maximum atomic E-state index is 11.8. The molecule has 2 rings (SSSR count). The number of rotatable bonds is 4. The first-order valence-electron chi connectivity index (χ1n) is 5.40. The zero-order valence-electron chi connectivity index (χ0n) is 9.95. The van der Waals surface area contributed by atoms with Crippen molar-refractivity contribution < 1.29 is 9.72 Å². The maximum absolute atomic E-state index is 11.8. The third-order valence-electron chi connectivity index (χ3n) is 2.30. The van der Waals surface area contributed by atoms with E-state index in [0.29, 0.717) is 0 Å². The molecule has 0 radical (unpaired) electrons. The Morgan fingerprint density at radius 3 is 2.75 bits per heavy atom. The quantitative estimate of drug-likeness (QED) is 0.520. The number of benzene rings is 1. The molecule has 0 unspecified atom stereocenters. The smallest absolute Gasteiger partial charge is 0.267 e. The Labute approximate surface area is 126 Å². The fourth-order valence-electron chi connectivity index (χ4n) is 1.44. The molecule has 1 aromatic carbocycles. The van der Waals surface area contributed by atoms with Crippen LogP contribution in [0.3, 0.4) is 0 Å². The van der Waals surface area contributed by atoms with Gasteiger partial charge < -0.3 is 0 Å². The van der Waals surface area contributed by atoms with Crippen LogP contribution in [0.4, 0.5) is 5.69 Å². The second-order valence-electron chi connectivity index (χ2n) is 3.62. The molecule has 1 aromatic heterocycles. The first-order chi connectivity index (χ1) is 9.58. The molecule has 0 saturated carbocycles. The molecule has 8 heteroatoms. The van der Waals surface area contributed by atoms with E-state index in [2.05, 4.69) is 26.5 Å². The van der Waals surface area contributed by atoms with Crippen LogP contribution in [0, 0.1) is 10.1 Å². The van der Waals surface area contributed by atoms with Crippen molar-refractivity contribution in [3.63, 3.8) is 0 Å². The number of halogens is 1. The van der Waals surface area contributed by atoms with Crippen LogP contribution in [-0.2, 0) is 0 Å². The summed E-state index contributed by atoms with van der Waals surface area (Å²) in [7, 11) is 0. The molecule has 1 N–H and O–H groups in total. The van der Waals surface area contributed by atoms with Crippen molar-refractivity contribution in [3.05, 3.63) is 60.7 Å². The van der Waals surface area contributed by atoms with Gasteiger partial charge in [-0.2, -0.15) is 5.10 Å². The summed E-state index contributed by atoms with van der Waals surface area (Å²) >= 11 is 4.76. The molecular formula is C12H8BrN3O3S. The van der Waals surface area contributed by atoms with E-state index in [1.165, 1.54) is 35.8 Å². The minimum absolute atomic E-state index is 0.0259. The van der Waals surface area contributed by atoms with Crippen LogP contribution in [0.25, 0.3) is 0 Å². The third kappa shape index (κ3) is 3.49. The van der Waals surface area contributed by atoms with Crippen molar-refractivity contribution in [2.24, 2.45) is 5.10 Å². The predicted octanol–water partition coefficient (Wildman–Crippen LogP) is 3.18. The van der Waals surface area contributed by atoms with Crippen LogP contribution >= 0.6 is 27.3 Å². The van der Waals surface area contributed by atoms with Crippen LogP contribution in [0.2, 0.25) is 0 Å². The predicted molar refractivity (Wildman–Crippen MR) is 80.2 cm³/mol. The first kappa shape index (κ1) is 14.4. The number of hydrazone groups is 1. The van der Waals surface area contributed by atoms with Gasteiger partial charge >= 0.3 is 0 Å². The molecule has 0 saturated heterocycles. The molecule has 20 heavy (non-hydrogen) atoms. The van der Waals surface area contributed by atoms with Crippen molar-refractivity contribution in [3.8, 4) is 0 Å². The molecule has 0 spiro atoms. The minimum atomic E-state index is -0.621. The monoisotopic (exact) mass is 353 g/mol. The van der Waals surface area contributed by atoms with Gasteiger partial charge in [-0.3, -0.25) is 14.9 Å². The molecule has 0 atom stereocenters. The van der Waals surface area contributed by atoms with Gasteiger partial charge in [-0.25, -0.2) is 5.43 Å². The maximum Gasteiger partial charge on any atom is 0.282 e. The number of amides is 1. The second-order valence-corrected chi connectivity index (χ2v) is 6.11. The van der Waals surface area contributed by atoms with Crippen LogP contribution < -0.4 is 5.43 Å². The van der Waals surface area contributed by atoms with Gasteiger partial charge in [-0.15, -0.1) is 11.3 Å². The highest BCUT2D eigenvalue weighted by molar-refractivity contribution is 9.11. The fraction of sp³-hybridized carbons (Fsp3) is 0. The van der Waals surface area contributed by atoms with Crippen molar-refractivity contribution in [1.29, 1.82) is 0 Å². The first-order valence-corrected chi connectivity index (χ1v) is 7.01. The highest BCUT2D eigenvalue weighted by atomic mass is 79.9. The Balaban J connectivity index is 2.09. The van der Waals surface area contributed by atoms with E-state index < -0.39 is 10.8 Å². The Morgan fingerprint density at radius 1 is 1.35 bits per heavy atom. The number of para-hydroxylation sites is 1. The Hall–Kier alpha value is -2.06. The van der Waals surface area contributed by atoms with E-state index in [9.17, 15) is 14.9 Å². The lowest BCUT2D eigenvalue weighted by molar-refractivity contribution is -0.385. The molecule has 0 aliphatic carbocycles. The number of nitro benzene ring substituents is 1. The highest BCUT2D eigenvalue weighted by Crippen LogP contribution is 2.20. The average molecular weight is 354 g/mol. The third-order valence-corrected chi connectivity index (χ3v) is 3.86. The number of nitrogens with one attached hydrogen (secondary N) is 1. The van der Waals surface area contributed by atoms with Gasteiger partial charge in [-0.1, -0.05) is 12.1 Å². The molecule has 102 valence electrons. The van der Waals surface area contributed by atoms with E-state index in [1.54, 1.807) is 6.07 Å². The molecule has 6 nitrogen and oxygen atoms in total. The summed E-state index contributed by atoms with van der Waals surface area (Å²) in [5, 5.41) is 14.6. The SMILES string of the molecule is O=C(N/N=C/c1ccc(Br)s1)c1ccccc1[N+](=O)[O-]. The Kier molecular flexibility index (Phi) is 4.59. The van der Waals surface area contributed by atoms with Gasteiger partial charge in [0.1, 0.15) is 5.56 Å². The largest absolute Gasteiger partial charge is 0.282 e. The number of hydrogen-bond donors (Lipinski definition) is 1. The summed E-state index contributed by atoms with van der Waals surface area (Å²) in [4.78, 5) is 22.9. The van der Waals surface area contributed by atoms with Gasteiger partial charge in [0.2, 0.25) is 0 Å². The van der Waals surface area contributed by atoms with Gasteiger partial charge in [0.25, 0.3) is 11.6 Å². The van der Waals surface area contributed by atoms with Gasteiger partial charge in [0.15, 0.2) is 0 Å². The van der Waals surface area contributed by atoms with E-state index in [0.717, 1.165) is 8.66 Å². The lowest BCUT2D eigenvalue weighted by Gasteiger charge is -2.00. The topological polar surface area (TPSA) is 84.6 Å². The highest BCUT2D eigenvalue weighted by Gasteiger charge is 2.18. The lowest BCUT2D eigenvalue weighted by atomic mass is 10.2. The number of nitrogens with zero attached hydrogens (tertiary/aromatic N) is 2. The van der Waals surface area contributed by atoms with E-state index in [4.69, 9.17) is 0 Å². The number of carbonyl (C=O) groups excluding carboxylic acids is 1. The lowest BCUT2D eigenvalue weighted by Crippen LogP contribution is -2.18. The van der Waals surface area contributed by atoms with Crippen molar-refractivity contribution in [1.82, 2.24) is 5.43 Å². The Bertz CT molecular complexity index is 684. The van der Waals surface area contributed by atoms with Crippen LogP contribution in [0.15, 0.2) is 45.3 Å². The fourth-order valence-corrected chi connectivity index (χ4v) is 2.73. The van der Waals surface area contributed by atoms with E-state index in [-0.39, 0.29) is 11.3 Å². The molecule has 0 aliphatic heterocycles. The summed E-state index contributed by atoms with van der Waals surface area (Å²) in [6, 6.07) is 9.40. The number of thiophene rings is 1. The molecule has 2 aromatic rings. The molecule has 0 bridgehead atoms. The molecule has 0 fully saturated rings. The summed E-state index contributed by atoms with van der Waals surface area (Å²) < 4.78 is 0.948. The molecule has 0 aliphatic rings. The average Bonchev–Trinajstić information content (AvgIpc) is 2.84. The molecular weight excluding hydrogens is 346 g/mol. The molecule has 1 amide bonds. The number of carbonyl (C=O) groups is 1. The van der Waals surface area contributed by atoms with Crippen molar-refractivity contribution in [2.45, 2.75) is 0 Å². The van der Waals surface area contributed by atoms with E-state index in [1.807, 2.05) is 12.1 Å². The van der Waals surface area contributed by atoms with Crippen molar-refractivity contribution >= 4 is 45.1 Å². The zero-order valence-corrected chi connectivity index (χ0v) is 12.3. The Morgan fingerprint density at radius 2 is 2.10 bits per heavy atom. The summed E-state index contributed by atoms with van der Waals surface area (Å²) in [5.41, 5.74) is 1.99. The standard InChI is InChI=1S/C12H8BrN3O3S/c13-11-6-5-8(20-11)7-14-15-12(17)9-3-1-2-4-10(9)16(18)19/h1-7H,(H,15,17)/b14-7+. The summed E-state index contributed by atoms with van der Waals surface area (Å²) in [6.07, 6.45) is 1.47. The van der Waals surface area contributed by atoms with Crippen LogP contribution in [-0.4, -0.2) is 17.0 Å². The van der Waals surface area contributed by atoms with Gasteiger partial charge in [0.05, 0.1) is 14.9 Å². The number of hydrogen-bond acceptors (Lipinski definition) is 5. The van der Waals surface area contributed by atoms with E-state index >= 15 is 0 Å². The molecule has 1 heterocycles. The van der Waals surface area contributed by atoms with Crippen molar-refractivity contribution in [2.75, 3.05) is 0 Å². The van der Waals surface area contributed by atoms with Gasteiger partial charge in [-0.05, 0) is 34.1 Å².